The number of hydrogen-bond donors (Lipinski definition) is 0. The Labute approximate surface area is 99.0 Å². The van der Waals surface area contributed by atoms with Gasteiger partial charge in [0.15, 0.2) is 5.78 Å². The summed E-state index contributed by atoms with van der Waals surface area (Å²) in [5, 5.41) is 9.57. The number of fused-ring (bicyclic) bond motifs is 1. The largest absolute Gasteiger partial charge is 0.497 e. The SMILES string of the molecule is COc1ccc2c(c1)c(C(C)=O)cn2CC#N. The van der Waals surface area contributed by atoms with Crippen LogP contribution in [0.2, 0.25) is 0 Å². The van der Waals surface area contributed by atoms with Gasteiger partial charge in [-0.2, -0.15) is 5.26 Å². The van der Waals surface area contributed by atoms with Crippen LogP contribution in [0.25, 0.3) is 10.9 Å². The van der Waals surface area contributed by atoms with Gasteiger partial charge >= 0.3 is 0 Å². The standard InChI is InChI=1S/C13H12N2O2/c1-9(16)12-8-15(6-5-14)13-4-3-10(17-2)7-11(12)13/h3-4,7-8H,6H2,1-2H3. The van der Waals surface area contributed by atoms with Crippen molar-refractivity contribution in [2.24, 2.45) is 0 Å². The third kappa shape index (κ3) is 1.87. The highest BCUT2D eigenvalue weighted by Crippen LogP contribution is 2.26. The summed E-state index contributed by atoms with van der Waals surface area (Å²) in [6.45, 7) is 1.75. The highest BCUT2D eigenvalue weighted by atomic mass is 16.5. The van der Waals surface area contributed by atoms with Crippen molar-refractivity contribution in [2.45, 2.75) is 13.5 Å². The predicted octanol–water partition coefficient (Wildman–Crippen LogP) is 2.38. The fraction of sp³-hybridized carbons (Fsp3) is 0.231. The van der Waals surface area contributed by atoms with Crippen molar-refractivity contribution in [2.75, 3.05) is 7.11 Å². The van der Waals surface area contributed by atoms with Gasteiger partial charge in [0.25, 0.3) is 0 Å². The number of ketones is 1. The van der Waals surface area contributed by atoms with E-state index in [1.807, 2.05) is 18.2 Å². The Hall–Kier alpha value is -2.28. The van der Waals surface area contributed by atoms with Gasteiger partial charge in [0.05, 0.1) is 13.2 Å². The van der Waals surface area contributed by atoms with Crippen molar-refractivity contribution in [3.05, 3.63) is 30.0 Å². The summed E-state index contributed by atoms with van der Waals surface area (Å²) in [5.41, 5.74) is 1.49. The summed E-state index contributed by atoms with van der Waals surface area (Å²) in [7, 11) is 1.58. The molecule has 2 rings (SSSR count). The quantitative estimate of drug-likeness (QED) is 0.758. The van der Waals surface area contributed by atoms with Crippen LogP contribution in [-0.2, 0) is 6.54 Å². The highest BCUT2D eigenvalue weighted by Gasteiger charge is 2.12. The van der Waals surface area contributed by atoms with Crippen LogP contribution in [0.5, 0.6) is 5.75 Å². The zero-order valence-electron chi connectivity index (χ0n) is 9.73. The first-order valence-corrected chi connectivity index (χ1v) is 5.22. The molecule has 2 aromatic rings. The van der Waals surface area contributed by atoms with Gasteiger partial charge in [0.2, 0.25) is 0 Å². The Balaban J connectivity index is 2.72. The molecular formula is C13H12N2O2. The molecule has 0 N–H and O–H groups in total. The fourth-order valence-electron chi connectivity index (χ4n) is 1.89. The third-order valence-electron chi connectivity index (χ3n) is 2.71. The molecule has 0 atom stereocenters. The van der Waals surface area contributed by atoms with Crippen LogP contribution in [0.1, 0.15) is 17.3 Å². The van der Waals surface area contributed by atoms with E-state index in [1.54, 1.807) is 17.9 Å². The molecule has 1 heterocycles. The van der Waals surface area contributed by atoms with Gasteiger partial charge in [0.1, 0.15) is 12.3 Å². The van der Waals surface area contributed by atoms with Crippen molar-refractivity contribution >= 4 is 16.7 Å². The zero-order valence-corrected chi connectivity index (χ0v) is 9.73. The van der Waals surface area contributed by atoms with Crippen LogP contribution in [-0.4, -0.2) is 17.5 Å². The first-order chi connectivity index (χ1) is 8.17. The van der Waals surface area contributed by atoms with Crippen molar-refractivity contribution in [1.29, 1.82) is 5.26 Å². The number of hydrogen-bond acceptors (Lipinski definition) is 3. The van der Waals surface area contributed by atoms with E-state index in [4.69, 9.17) is 10.00 Å². The maximum absolute atomic E-state index is 11.5. The molecule has 0 unspecified atom stereocenters. The van der Waals surface area contributed by atoms with Crippen LogP contribution in [0.3, 0.4) is 0 Å². The number of methoxy groups -OCH3 is 1. The molecule has 1 aromatic carbocycles. The first-order valence-electron chi connectivity index (χ1n) is 5.22. The Kier molecular flexibility index (Phi) is 2.84. The molecule has 0 spiro atoms. The molecular weight excluding hydrogens is 216 g/mol. The lowest BCUT2D eigenvalue weighted by Crippen LogP contribution is -1.93. The molecule has 0 aliphatic rings. The molecule has 17 heavy (non-hydrogen) atoms. The summed E-state index contributed by atoms with van der Waals surface area (Å²) in [6.07, 6.45) is 1.72. The average molecular weight is 228 g/mol. The van der Waals surface area contributed by atoms with Gasteiger partial charge < -0.3 is 9.30 Å². The van der Waals surface area contributed by atoms with E-state index in [1.165, 1.54) is 6.92 Å². The minimum atomic E-state index is -0.0139. The van der Waals surface area contributed by atoms with Crippen molar-refractivity contribution in [3.8, 4) is 11.8 Å². The number of aromatic nitrogens is 1. The molecule has 0 amide bonds. The van der Waals surface area contributed by atoms with E-state index < -0.39 is 0 Å². The lowest BCUT2D eigenvalue weighted by atomic mass is 10.1. The fourth-order valence-corrected chi connectivity index (χ4v) is 1.89. The van der Waals surface area contributed by atoms with Gasteiger partial charge in [0, 0.05) is 22.7 Å². The number of ether oxygens (including phenoxy) is 1. The second-order valence-electron chi connectivity index (χ2n) is 3.77. The summed E-state index contributed by atoms with van der Waals surface area (Å²) in [4.78, 5) is 11.5. The number of nitriles is 1. The predicted molar refractivity (Wildman–Crippen MR) is 64.1 cm³/mol. The zero-order chi connectivity index (χ0) is 12.4. The van der Waals surface area contributed by atoms with Crippen LogP contribution < -0.4 is 4.74 Å². The minimum absolute atomic E-state index is 0.0139. The number of nitrogens with zero attached hydrogens (tertiary/aromatic N) is 2. The van der Waals surface area contributed by atoms with E-state index in [0.717, 1.165) is 10.9 Å². The van der Waals surface area contributed by atoms with Crippen LogP contribution in [0.4, 0.5) is 0 Å². The van der Waals surface area contributed by atoms with Gasteiger partial charge in [-0.05, 0) is 25.1 Å². The van der Waals surface area contributed by atoms with Crippen molar-refractivity contribution in [3.63, 3.8) is 0 Å². The smallest absolute Gasteiger partial charge is 0.161 e. The molecule has 0 fully saturated rings. The maximum atomic E-state index is 11.5. The van der Waals surface area contributed by atoms with E-state index in [-0.39, 0.29) is 12.3 Å². The molecule has 0 radical (unpaired) electrons. The molecule has 1 aromatic heterocycles. The summed E-state index contributed by atoms with van der Waals surface area (Å²) >= 11 is 0. The summed E-state index contributed by atoms with van der Waals surface area (Å²) in [5.74, 6) is 0.689. The minimum Gasteiger partial charge on any atom is -0.497 e. The number of carbonyl (C=O) groups excluding carboxylic acids is 1. The van der Waals surface area contributed by atoms with Gasteiger partial charge in [-0.15, -0.1) is 0 Å². The van der Waals surface area contributed by atoms with E-state index >= 15 is 0 Å². The number of benzene rings is 1. The number of carbonyl (C=O) groups is 1. The third-order valence-corrected chi connectivity index (χ3v) is 2.71. The number of Topliss-reactive ketones (excluding diaryl/α,β-unsaturated/α-hetero) is 1. The molecule has 0 saturated carbocycles. The van der Waals surface area contributed by atoms with E-state index in [0.29, 0.717) is 11.3 Å². The second-order valence-corrected chi connectivity index (χ2v) is 3.77. The molecule has 4 nitrogen and oxygen atoms in total. The topological polar surface area (TPSA) is 55.0 Å². The monoisotopic (exact) mass is 228 g/mol. The lowest BCUT2D eigenvalue weighted by molar-refractivity contribution is 0.101. The molecule has 0 bridgehead atoms. The Morgan fingerprint density at radius 2 is 2.29 bits per heavy atom. The number of rotatable bonds is 3. The van der Waals surface area contributed by atoms with Gasteiger partial charge in [-0.25, -0.2) is 0 Å². The Morgan fingerprint density at radius 1 is 1.53 bits per heavy atom. The lowest BCUT2D eigenvalue weighted by Gasteiger charge is -2.01. The maximum Gasteiger partial charge on any atom is 0.161 e. The highest BCUT2D eigenvalue weighted by molar-refractivity contribution is 6.07. The van der Waals surface area contributed by atoms with Crippen LogP contribution >= 0.6 is 0 Å². The van der Waals surface area contributed by atoms with E-state index in [9.17, 15) is 4.79 Å². The Morgan fingerprint density at radius 3 is 2.88 bits per heavy atom. The van der Waals surface area contributed by atoms with Crippen molar-refractivity contribution in [1.82, 2.24) is 4.57 Å². The Bertz CT molecular complexity index is 620. The normalized spacial score (nSPS) is 10.2. The first kappa shape index (κ1) is 11.2. The average Bonchev–Trinajstić information content (AvgIpc) is 2.68. The van der Waals surface area contributed by atoms with Gasteiger partial charge in [-0.1, -0.05) is 0 Å². The molecule has 0 saturated heterocycles. The molecule has 86 valence electrons. The van der Waals surface area contributed by atoms with Crippen LogP contribution in [0, 0.1) is 11.3 Å². The molecule has 4 heteroatoms. The second kappa shape index (κ2) is 4.30. The molecule has 0 aliphatic carbocycles. The van der Waals surface area contributed by atoms with Gasteiger partial charge in [-0.3, -0.25) is 4.79 Å². The summed E-state index contributed by atoms with van der Waals surface area (Å²) < 4.78 is 6.91. The van der Waals surface area contributed by atoms with Crippen LogP contribution in [0.15, 0.2) is 24.4 Å². The van der Waals surface area contributed by atoms with Crippen molar-refractivity contribution < 1.29 is 9.53 Å². The van der Waals surface area contributed by atoms with E-state index in [2.05, 4.69) is 6.07 Å². The summed E-state index contributed by atoms with van der Waals surface area (Å²) in [6, 6.07) is 7.58. The molecule has 0 aliphatic heterocycles.